The van der Waals surface area contributed by atoms with Gasteiger partial charge in [-0.15, -0.1) is 5.10 Å². The maximum atomic E-state index is 5.41. The predicted octanol–water partition coefficient (Wildman–Crippen LogP) is 0.516. The highest BCUT2D eigenvalue weighted by Crippen LogP contribution is 2.38. The van der Waals surface area contributed by atoms with Gasteiger partial charge in [-0.3, -0.25) is 0 Å². The summed E-state index contributed by atoms with van der Waals surface area (Å²) in [4.78, 5) is 1.68. The largest absolute Gasteiger partial charge is 0.381 e. The number of aromatic nitrogens is 3. The SMILES string of the molecule is CC1CC1Cn1ncc(N)n1. The van der Waals surface area contributed by atoms with Gasteiger partial charge in [0.05, 0.1) is 12.7 Å². The highest BCUT2D eigenvalue weighted by molar-refractivity contribution is 5.19. The molecule has 0 bridgehead atoms. The molecule has 0 saturated heterocycles. The van der Waals surface area contributed by atoms with Gasteiger partial charge < -0.3 is 5.73 Å². The third-order valence-corrected chi connectivity index (χ3v) is 2.23. The molecule has 0 aromatic carbocycles. The van der Waals surface area contributed by atoms with Crippen LogP contribution in [0.2, 0.25) is 0 Å². The smallest absolute Gasteiger partial charge is 0.165 e. The minimum atomic E-state index is 0.512. The minimum Gasteiger partial charge on any atom is -0.381 e. The van der Waals surface area contributed by atoms with Crippen LogP contribution in [0.3, 0.4) is 0 Å². The maximum absolute atomic E-state index is 5.41. The van der Waals surface area contributed by atoms with Crippen molar-refractivity contribution in [3.8, 4) is 0 Å². The van der Waals surface area contributed by atoms with Crippen LogP contribution in [0.15, 0.2) is 6.20 Å². The molecule has 1 aromatic rings. The normalized spacial score (nSPS) is 28.8. The van der Waals surface area contributed by atoms with Crippen LogP contribution in [-0.2, 0) is 6.54 Å². The molecule has 4 heteroatoms. The Bertz CT molecular complexity index is 255. The second-order valence-electron chi connectivity index (χ2n) is 3.30. The van der Waals surface area contributed by atoms with E-state index in [1.165, 1.54) is 6.42 Å². The molecule has 0 aliphatic heterocycles. The van der Waals surface area contributed by atoms with Crippen LogP contribution in [0.25, 0.3) is 0 Å². The minimum absolute atomic E-state index is 0.512. The van der Waals surface area contributed by atoms with E-state index in [0.717, 1.165) is 18.4 Å². The first kappa shape index (κ1) is 6.64. The summed E-state index contributed by atoms with van der Waals surface area (Å²) in [6.07, 6.45) is 2.90. The molecule has 1 heterocycles. The molecule has 0 amide bonds. The third-order valence-electron chi connectivity index (χ3n) is 2.23. The van der Waals surface area contributed by atoms with Gasteiger partial charge in [0.1, 0.15) is 0 Å². The molecule has 2 N–H and O–H groups in total. The number of nitrogen functional groups attached to an aromatic ring is 1. The lowest BCUT2D eigenvalue weighted by atomic mass is 10.3. The van der Waals surface area contributed by atoms with Crippen molar-refractivity contribution in [2.45, 2.75) is 19.9 Å². The molecular formula is C7H12N4. The number of nitrogens with zero attached hydrogens (tertiary/aromatic N) is 3. The third kappa shape index (κ3) is 1.34. The zero-order valence-electron chi connectivity index (χ0n) is 6.57. The molecule has 2 unspecified atom stereocenters. The van der Waals surface area contributed by atoms with Crippen LogP contribution < -0.4 is 5.73 Å². The number of hydrogen-bond acceptors (Lipinski definition) is 3. The van der Waals surface area contributed by atoms with E-state index < -0.39 is 0 Å². The van der Waals surface area contributed by atoms with Gasteiger partial charge in [0.2, 0.25) is 0 Å². The molecule has 0 spiro atoms. The Morgan fingerprint density at radius 2 is 2.55 bits per heavy atom. The lowest BCUT2D eigenvalue weighted by Crippen LogP contribution is -2.04. The molecular weight excluding hydrogens is 140 g/mol. The van der Waals surface area contributed by atoms with Gasteiger partial charge in [0, 0.05) is 0 Å². The van der Waals surface area contributed by atoms with Crippen LogP contribution in [-0.4, -0.2) is 15.0 Å². The number of rotatable bonds is 2. The van der Waals surface area contributed by atoms with E-state index in [-0.39, 0.29) is 0 Å². The molecule has 1 aromatic heterocycles. The lowest BCUT2D eigenvalue weighted by molar-refractivity contribution is 0.483. The van der Waals surface area contributed by atoms with Crippen LogP contribution in [0.1, 0.15) is 13.3 Å². The van der Waals surface area contributed by atoms with Gasteiger partial charge in [-0.25, -0.2) is 0 Å². The van der Waals surface area contributed by atoms with E-state index in [9.17, 15) is 0 Å². The molecule has 2 atom stereocenters. The van der Waals surface area contributed by atoms with Gasteiger partial charge >= 0.3 is 0 Å². The highest BCUT2D eigenvalue weighted by Gasteiger charge is 2.33. The number of anilines is 1. The first-order chi connectivity index (χ1) is 5.25. The Morgan fingerprint density at radius 1 is 1.82 bits per heavy atom. The van der Waals surface area contributed by atoms with Crippen LogP contribution in [0.4, 0.5) is 5.82 Å². The van der Waals surface area contributed by atoms with Crippen LogP contribution in [0.5, 0.6) is 0 Å². The molecule has 2 rings (SSSR count). The maximum Gasteiger partial charge on any atom is 0.165 e. The Labute approximate surface area is 65.4 Å². The monoisotopic (exact) mass is 152 g/mol. The van der Waals surface area contributed by atoms with Gasteiger partial charge in [-0.05, 0) is 18.3 Å². The van der Waals surface area contributed by atoms with Gasteiger partial charge in [-0.2, -0.15) is 9.90 Å². The topological polar surface area (TPSA) is 56.7 Å². The van der Waals surface area contributed by atoms with Crippen molar-refractivity contribution in [1.82, 2.24) is 15.0 Å². The summed E-state index contributed by atoms with van der Waals surface area (Å²) in [6.45, 7) is 3.18. The molecule has 1 saturated carbocycles. The number of nitrogens with two attached hydrogens (primary N) is 1. The average Bonchev–Trinajstić information content (AvgIpc) is 2.42. The Kier molecular flexibility index (Phi) is 1.34. The van der Waals surface area contributed by atoms with E-state index in [2.05, 4.69) is 17.1 Å². The standard InChI is InChI=1S/C7H12N4/c1-5-2-6(5)4-11-9-3-7(8)10-11/h3,5-6H,2,4H2,1H3,(H2,8,10). The predicted molar refractivity (Wildman–Crippen MR) is 41.7 cm³/mol. The number of hydrogen-bond donors (Lipinski definition) is 1. The molecule has 0 radical (unpaired) electrons. The Morgan fingerprint density at radius 3 is 3.00 bits per heavy atom. The first-order valence-corrected chi connectivity index (χ1v) is 3.91. The van der Waals surface area contributed by atoms with Gasteiger partial charge in [0.25, 0.3) is 0 Å². The molecule has 1 aliphatic rings. The van der Waals surface area contributed by atoms with Crippen molar-refractivity contribution in [3.63, 3.8) is 0 Å². The van der Waals surface area contributed by atoms with E-state index in [0.29, 0.717) is 5.82 Å². The molecule has 1 fully saturated rings. The summed E-state index contributed by atoms with van der Waals surface area (Å²) in [5.41, 5.74) is 5.41. The second-order valence-corrected chi connectivity index (χ2v) is 3.30. The first-order valence-electron chi connectivity index (χ1n) is 3.91. The summed E-state index contributed by atoms with van der Waals surface area (Å²) in [5, 5.41) is 8.02. The van der Waals surface area contributed by atoms with Gasteiger partial charge in [-0.1, -0.05) is 6.92 Å². The summed E-state index contributed by atoms with van der Waals surface area (Å²) in [7, 11) is 0. The fourth-order valence-electron chi connectivity index (χ4n) is 1.26. The van der Waals surface area contributed by atoms with E-state index in [1.807, 2.05) is 0 Å². The Hall–Kier alpha value is -1.06. The highest BCUT2D eigenvalue weighted by atomic mass is 15.5. The lowest BCUT2D eigenvalue weighted by Gasteiger charge is -1.94. The zero-order chi connectivity index (χ0) is 7.84. The summed E-state index contributed by atoms with van der Waals surface area (Å²) < 4.78 is 0. The van der Waals surface area contributed by atoms with Crippen molar-refractivity contribution in [3.05, 3.63) is 6.20 Å². The molecule has 1 aliphatic carbocycles. The molecule has 11 heavy (non-hydrogen) atoms. The molecule has 60 valence electrons. The van der Waals surface area contributed by atoms with E-state index >= 15 is 0 Å². The fraction of sp³-hybridized carbons (Fsp3) is 0.714. The second kappa shape index (κ2) is 2.22. The van der Waals surface area contributed by atoms with Crippen molar-refractivity contribution in [1.29, 1.82) is 0 Å². The summed E-state index contributed by atoms with van der Waals surface area (Å²) in [6, 6.07) is 0. The van der Waals surface area contributed by atoms with Crippen molar-refractivity contribution in [2.24, 2.45) is 11.8 Å². The van der Waals surface area contributed by atoms with Crippen LogP contribution >= 0.6 is 0 Å². The summed E-state index contributed by atoms with van der Waals surface area (Å²) >= 11 is 0. The fourth-order valence-corrected chi connectivity index (χ4v) is 1.26. The van der Waals surface area contributed by atoms with Crippen molar-refractivity contribution in [2.75, 3.05) is 5.73 Å². The summed E-state index contributed by atoms with van der Waals surface area (Å²) in [5.74, 6) is 2.14. The zero-order valence-corrected chi connectivity index (χ0v) is 6.57. The molecule has 4 nitrogen and oxygen atoms in total. The van der Waals surface area contributed by atoms with E-state index in [4.69, 9.17) is 5.73 Å². The Balaban J connectivity index is 1.96. The average molecular weight is 152 g/mol. The van der Waals surface area contributed by atoms with Crippen molar-refractivity contribution < 1.29 is 0 Å². The van der Waals surface area contributed by atoms with Crippen molar-refractivity contribution >= 4 is 5.82 Å². The quantitative estimate of drug-likeness (QED) is 0.672. The van der Waals surface area contributed by atoms with Crippen LogP contribution in [0, 0.1) is 11.8 Å². The van der Waals surface area contributed by atoms with Gasteiger partial charge in [0.15, 0.2) is 5.82 Å². The van der Waals surface area contributed by atoms with E-state index in [1.54, 1.807) is 11.0 Å².